The molecule has 0 radical (unpaired) electrons. The van der Waals surface area contributed by atoms with E-state index in [-0.39, 0.29) is 11.8 Å². The van der Waals surface area contributed by atoms with Gasteiger partial charge in [0.1, 0.15) is 12.4 Å². The first-order chi connectivity index (χ1) is 10.2. The fourth-order valence-electron chi connectivity index (χ4n) is 2.49. The molecule has 0 aliphatic carbocycles. The molecule has 1 aromatic rings. The van der Waals surface area contributed by atoms with Crippen molar-refractivity contribution in [3.8, 4) is 5.75 Å². The lowest BCUT2D eigenvalue weighted by atomic mass is 9.92. The molecular weight excluding hydrogens is 268 g/mol. The van der Waals surface area contributed by atoms with Crippen molar-refractivity contribution >= 4 is 11.6 Å². The number of hydrogen-bond acceptors (Lipinski definition) is 4. The molecule has 116 valence electrons. The van der Waals surface area contributed by atoms with Gasteiger partial charge in [-0.3, -0.25) is 4.79 Å². The average molecular weight is 292 g/mol. The summed E-state index contributed by atoms with van der Waals surface area (Å²) in [4.78, 5) is 12.2. The molecule has 0 saturated carbocycles. The van der Waals surface area contributed by atoms with E-state index >= 15 is 0 Å². The Balaban J connectivity index is 1.83. The van der Waals surface area contributed by atoms with Crippen LogP contribution in [0.15, 0.2) is 24.3 Å². The molecule has 1 amide bonds. The quantitative estimate of drug-likeness (QED) is 0.788. The molecule has 0 bridgehead atoms. The van der Waals surface area contributed by atoms with E-state index in [0.717, 1.165) is 30.8 Å². The van der Waals surface area contributed by atoms with Gasteiger partial charge in [-0.2, -0.15) is 0 Å². The van der Waals surface area contributed by atoms with Crippen molar-refractivity contribution in [2.75, 3.05) is 32.2 Å². The Hall–Kier alpha value is -1.59. The highest BCUT2D eigenvalue weighted by Crippen LogP contribution is 2.20. The topological polar surface area (TPSA) is 59.6 Å². The third-order valence-corrected chi connectivity index (χ3v) is 3.67. The third-order valence-electron chi connectivity index (χ3n) is 3.67. The van der Waals surface area contributed by atoms with Crippen molar-refractivity contribution in [3.05, 3.63) is 24.3 Å². The smallest absolute Gasteiger partial charge is 0.227 e. The molecule has 1 aliphatic heterocycles. The van der Waals surface area contributed by atoms with Crippen LogP contribution in [0.25, 0.3) is 0 Å². The molecule has 0 spiro atoms. The van der Waals surface area contributed by atoms with Gasteiger partial charge >= 0.3 is 0 Å². The molecular formula is C16H24N2O3. The summed E-state index contributed by atoms with van der Waals surface area (Å²) >= 11 is 0. The van der Waals surface area contributed by atoms with Gasteiger partial charge in [0.05, 0.1) is 6.61 Å². The minimum absolute atomic E-state index is 0.0962. The summed E-state index contributed by atoms with van der Waals surface area (Å²) in [5.74, 6) is 0.982. The van der Waals surface area contributed by atoms with Gasteiger partial charge in [0.15, 0.2) is 0 Å². The Morgan fingerprint density at radius 3 is 2.76 bits per heavy atom. The standard InChI is InChI=1S/C16H24N2O3/c1-12-11-13(7-8-17-12)16(19)18-14-3-5-15(6-4-14)21-10-9-20-2/h3-6,12-13,17H,7-11H2,1-2H3,(H,18,19)/t12-,13-/m0/s1. The Bertz CT molecular complexity index is 447. The molecule has 21 heavy (non-hydrogen) atoms. The minimum Gasteiger partial charge on any atom is -0.491 e. The summed E-state index contributed by atoms with van der Waals surface area (Å²) in [6, 6.07) is 7.85. The minimum atomic E-state index is 0.0962. The number of nitrogens with one attached hydrogen (secondary N) is 2. The van der Waals surface area contributed by atoms with Gasteiger partial charge < -0.3 is 20.1 Å². The molecule has 1 heterocycles. The van der Waals surface area contributed by atoms with Crippen LogP contribution in [0.3, 0.4) is 0 Å². The Morgan fingerprint density at radius 1 is 1.33 bits per heavy atom. The zero-order chi connectivity index (χ0) is 15.1. The number of carbonyl (C=O) groups excluding carboxylic acids is 1. The number of benzene rings is 1. The number of amides is 1. The van der Waals surface area contributed by atoms with Gasteiger partial charge in [0.2, 0.25) is 5.91 Å². The van der Waals surface area contributed by atoms with E-state index in [1.165, 1.54) is 0 Å². The van der Waals surface area contributed by atoms with Crippen LogP contribution in [0.2, 0.25) is 0 Å². The van der Waals surface area contributed by atoms with Crippen LogP contribution in [0.5, 0.6) is 5.75 Å². The highest BCUT2D eigenvalue weighted by Gasteiger charge is 2.24. The molecule has 5 heteroatoms. The largest absolute Gasteiger partial charge is 0.491 e. The molecule has 0 unspecified atom stereocenters. The fraction of sp³-hybridized carbons (Fsp3) is 0.562. The Labute approximate surface area is 126 Å². The second kappa shape index (κ2) is 8.00. The molecule has 1 aromatic carbocycles. The second-order valence-corrected chi connectivity index (χ2v) is 5.43. The van der Waals surface area contributed by atoms with Crippen molar-refractivity contribution in [1.29, 1.82) is 0 Å². The van der Waals surface area contributed by atoms with E-state index in [9.17, 15) is 4.79 Å². The summed E-state index contributed by atoms with van der Waals surface area (Å²) in [5, 5.41) is 6.34. The first-order valence-corrected chi connectivity index (χ1v) is 7.45. The van der Waals surface area contributed by atoms with Crippen LogP contribution in [0.1, 0.15) is 19.8 Å². The van der Waals surface area contributed by atoms with Crippen LogP contribution in [-0.4, -0.2) is 38.8 Å². The predicted octanol–water partition coefficient (Wildman–Crippen LogP) is 2.04. The molecule has 1 aliphatic rings. The number of hydrogen-bond donors (Lipinski definition) is 2. The van der Waals surface area contributed by atoms with E-state index in [1.807, 2.05) is 24.3 Å². The van der Waals surface area contributed by atoms with E-state index < -0.39 is 0 Å². The monoisotopic (exact) mass is 292 g/mol. The highest BCUT2D eigenvalue weighted by molar-refractivity contribution is 5.92. The maximum absolute atomic E-state index is 12.2. The summed E-state index contributed by atoms with van der Waals surface area (Å²) in [6.07, 6.45) is 1.79. The van der Waals surface area contributed by atoms with Gasteiger partial charge in [-0.1, -0.05) is 0 Å². The number of carbonyl (C=O) groups is 1. The molecule has 2 N–H and O–H groups in total. The summed E-state index contributed by atoms with van der Waals surface area (Å²) in [7, 11) is 1.64. The average Bonchev–Trinajstić information content (AvgIpc) is 2.49. The van der Waals surface area contributed by atoms with Gasteiger partial charge in [0.25, 0.3) is 0 Å². The van der Waals surface area contributed by atoms with Crippen molar-refractivity contribution in [2.24, 2.45) is 5.92 Å². The van der Waals surface area contributed by atoms with Crippen LogP contribution in [-0.2, 0) is 9.53 Å². The van der Waals surface area contributed by atoms with E-state index in [2.05, 4.69) is 17.6 Å². The zero-order valence-electron chi connectivity index (χ0n) is 12.7. The van der Waals surface area contributed by atoms with Crippen LogP contribution in [0, 0.1) is 5.92 Å². The van der Waals surface area contributed by atoms with Crippen LogP contribution in [0.4, 0.5) is 5.69 Å². The molecule has 2 atom stereocenters. The van der Waals surface area contributed by atoms with Gasteiger partial charge in [-0.05, 0) is 50.6 Å². The first-order valence-electron chi connectivity index (χ1n) is 7.45. The Morgan fingerprint density at radius 2 is 2.10 bits per heavy atom. The molecule has 0 aromatic heterocycles. The lowest BCUT2D eigenvalue weighted by Crippen LogP contribution is -2.40. The van der Waals surface area contributed by atoms with Crippen LogP contribution < -0.4 is 15.4 Å². The normalized spacial score (nSPS) is 21.8. The van der Waals surface area contributed by atoms with Gasteiger partial charge in [0, 0.05) is 24.8 Å². The molecule has 5 nitrogen and oxygen atoms in total. The van der Waals surface area contributed by atoms with Gasteiger partial charge in [-0.15, -0.1) is 0 Å². The number of anilines is 1. The second-order valence-electron chi connectivity index (χ2n) is 5.43. The highest BCUT2D eigenvalue weighted by atomic mass is 16.5. The molecule has 1 fully saturated rings. The molecule has 1 saturated heterocycles. The SMILES string of the molecule is COCCOc1ccc(NC(=O)[C@H]2CCN[C@@H](C)C2)cc1. The summed E-state index contributed by atoms with van der Waals surface area (Å²) in [6.45, 7) is 4.11. The summed E-state index contributed by atoms with van der Waals surface area (Å²) < 4.78 is 10.4. The first kappa shape index (κ1) is 15.8. The number of ether oxygens (including phenoxy) is 2. The third kappa shape index (κ3) is 5.02. The predicted molar refractivity (Wildman–Crippen MR) is 82.6 cm³/mol. The van der Waals surface area contributed by atoms with E-state index in [4.69, 9.17) is 9.47 Å². The lowest BCUT2D eigenvalue weighted by molar-refractivity contribution is -0.120. The van der Waals surface area contributed by atoms with Crippen LogP contribution >= 0.6 is 0 Å². The van der Waals surface area contributed by atoms with E-state index in [0.29, 0.717) is 19.3 Å². The maximum atomic E-state index is 12.2. The number of methoxy groups -OCH3 is 1. The molecule has 2 rings (SSSR count). The van der Waals surface area contributed by atoms with Crippen molar-refractivity contribution in [2.45, 2.75) is 25.8 Å². The maximum Gasteiger partial charge on any atom is 0.227 e. The van der Waals surface area contributed by atoms with Crippen molar-refractivity contribution in [3.63, 3.8) is 0 Å². The lowest BCUT2D eigenvalue weighted by Gasteiger charge is -2.27. The van der Waals surface area contributed by atoms with E-state index in [1.54, 1.807) is 7.11 Å². The number of piperidine rings is 1. The Kier molecular flexibility index (Phi) is 6.02. The summed E-state index contributed by atoms with van der Waals surface area (Å²) in [5.41, 5.74) is 0.810. The zero-order valence-corrected chi connectivity index (χ0v) is 12.7. The van der Waals surface area contributed by atoms with Crippen molar-refractivity contribution < 1.29 is 14.3 Å². The van der Waals surface area contributed by atoms with Crippen molar-refractivity contribution in [1.82, 2.24) is 5.32 Å². The fourth-order valence-corrected chi connectivity index (χ4v) is 2.49. The van der Waals surface area contributed by atoms with Gasteiger partial charge in [-0.25, -0.2) is 0 Å². The number of rotatable bonds is 6.